The molecule has 31 heavy (non-hydrogen) atoms. The highest BCUT2D eigenvalue weighted by Crippen LogP contribution is 2.37. The first kappa shape index (κ1) is 23.2. The number of hydrogen-bond donors (Lipinski definition) is 3. The number of ether oxygens (including phenoxy) is 1. The summed E-state index contributed by atoms with van der Waals surface area (Å²) in [5, 5.41) is 11.0. The fourth-order valence-corrected chi connectivity index (χ4v) is 4.07. The van der Waals surface area contributed by atoms with Crippen molar-refractivity contribution in [3.8, 4) is 0 Å². The van der Waals surface area contributed by atoms with E-state index in [-0.39, 0.29) is 16.9 Å². The molecule has 1 heterocycles. The molecule has 1 amide bonds. The highest BCUT2D eigenvalue weighted by molar-refractivity contribution is 6.14. The number of morpholine rings is 1. The summed E-state index contributed by atoms with van der Waals surface area (Å²) < 4.78 is 5.39. The topological polar surface area (TPSA) is 104 Å². The van der Waals surface area contributed by atoms with Crippen molar-refractivity contribution < 1.29 is 9.53 Å². The van der Waals surface area contributed by atoms with E-state index in [1.165, 1.54) is 5.56 Å². The van der Waals surface area contributed by atoms with Crippen LogP contribution < -0.4 is 11.1 Å². The molecule has 3 rings (SSSR count). The smallest absolute Gasteiger partial charge is 0.273 e. The van der Waals surface area contributed by atoms with Crippen LogP contribution in [0.1, 0.15) is 51.2 Å². The van der Waals surface area contributed by atoms with Crippen LogP contribution in [0.5, 0.6) is 0 Å². The van der Waals surface area contributed by atoms with Gasteiger partial charge in [-0.1, -0.05) is 38.1 Å². The van der Waals surface area contributed by atoms with Crippen molar-refractivity contribution in [1.82, 2.24) is 10.2 Å². The van der Waals surface area contributed by atoms with E-state index in [1.54, 1.807) is 0 Å². The van der Waals surface area contributed by atoms with Crippen LogP contribution in [0.2, 0.25) is 0 Å². The number of nitrogens with zero attached hydrogens (tertiary/aromatic N) is 2. The minimum absolute atomic E-state index is 0.0524. The fraction of sp³-hybridized carbons (Fsp3) is 0.542. The lowest BCUT2D eigenvalue weighted by atomic mass is 9.74. The molecule has 0 bridgehead atoms. The Balaban J connectivity index is 1.64. The number of rotatable bonds is 5. The Hall–Kier alpha value is -2.51. The second kappa shape index (κ2) is 10.2. The zero-order valence-corrected chi connectivity index (χ0v) is 19.0. The molecule has 7 nitrogen and oxygen atoms in total. The molecule has 1 aromatic carbocycles. The van der Waals surface area contributed by atoms with Gasteiger partial charge in [-0.15, -0.1) is 0 Å². The number of benzene rings is 1. The number of amidine groups is 1. The number of aliphatic imine (C=N–C) groups is 1. The Morgan fingerprint density at radius 1 is 1.26 bits per heavy atom. The molecule has 0 radical (unpaired) electrons. The highest BCUT2D eigenvalue weighted by Gasteiger charge is 2.30. The molecule has 1 saturated heterocycles. The van der Waals surface area contributed by atoms with Gasteiger partial charge in [0, 0.05) is 43.0 Å². The number of nitrogens with two attached hydrogens (primary N) is 1. The van der Waals surface area contributed by atoms with Gasteiger partial charge >= 0.3 is 0 Å². The second-order valence-corrected chi connectivity index (χ2v) is 9.07. The Morgan fingerprint density at radius 2 is 1.94 bits per heavy atom. The number of amides is 1. The van der Waals surface area contributed by atoms with E-state index < -0.39 is 5.91 Å². The lowest BCUT2D eigenvalue weighted by Crippen LogP contribution is -2.37. The molecular weight excluding hydrogens is 390 g/mol. The van der Waals surface area contributed by atoms with Crippen LogP contribution in [0.3, 0.4) is 0 Å². The maximum absolute atomic E-state index is 12.8. The van der Waals surface area contributed by atoms with Gasteiger partial charge in [-0.25, -0.2) is 0 Å². The maximum Gasteiger partial charge on any atom is 0.273 e. The van der Waals surface area contributed by atoms with Crippen LogP contribution in [0.15, 0.2) is 40.5 Å². The predicted octanol–water partition coefficient (Wildman–Crippen LogP) is 2.84. The summed E-state index contributed by atoms with van der Waals surface area (Å²) in [6, 6.07) is 7.74. The third kappa shape index (κ3) is 6.24. The van der Waals surface area contributed by atoms with Crippen LogP contribution in [0.4, 0.5) is 0 Å². The van der Waals surface area contributed by atoms with Crippen LogP contribution in [-0.2, 0) is 16.1 Å². The summed E-state index contributed by atoms with van der Waals surface area (Å²) in [5.41, 5.74) is 10.1. The Kier molecular flexibility index (Phi) is 7.62. The molecule has 7 heteroatoms. The maximum atomic E-state index is 12.8. The number of carbonyl (C=O) groups excluding carboxylic acids is 1. The van der Waals surface area contributed by atoms with Crippen molar-refractivity contribution >= 4 is 17.5 Å². The fourth-order valence-electron chi connectivity index (χ4n) is 4.07. The first-order valence-electron chi connectivity index (χ1n) is 11.1. The van der Waals surface area contributed by atoms with E-state index in [2.05, 4.69) is 29.1 Å². The van der Waals surface area contributed by atoms with Gasteiger partial charge in [0.15, 0.2) is 0 Å². The largest absolute Gasteiger partial charge is 0.394 e. The molecule has 4 N–H and O–H groups in total. The van der Waals surface area contributed by atoms with Gasteiger partial charge < -0.3 is 15.8 Å². The van der Waals surface area contributed by atoms with Gasteiger partial charge in [0.25, 0.3) is 5.91 Å². The third-order valence-electron chi connectivity index (χ3n) is 5.96. The lowest BCUT2D eigenvalue weighted by Gasteiger charge is -2.32. The van der Waals surface area contributed by atoms with E-state index >= 15 is 0 Å². The molecule has 1 aliphatic heterocycles. The zero-order valence-electron chi connectivity index (χ0n) is 19.0. The standard InChI is InChI=1S/C24H35N5O2/c1-4-27-20-15-24(2,3)10-9-19(20)21(25)23(30)28-22(26)18-7-5-17(6-8-18)16-29-11-13-31-14-12-29/h5-8H,4,9-16,25H2,1-3H3,(H2,26,28,30). The summed E-state index contributed by atoms with van der Waals surface area (Å²) in [4.78, 5) is 19.7. The lowest BCUT2D eigenvalue weighted by molar-refractivity contribution is -0.116. The Labute approximate surface area is 185 Å². The van der Waals surface area contributed by atoms with Gasteiger partial charge in [-0.2, -0.15) is 0 Å². The molecule has 0 aromatic heterocycles. The van der Waals surface area contributed by atoms with E-state index in [9.17, 15) is 4.79 Å². The minimum atomic E-state index is -0.430. The van der Waals surface area contributed by atoms with Crippen molar-refractivity contribution in [2.45, 2.75) is 46.6 Å². The summed E-state index contributed by atoms with van der Waals surface area (Å²) in [6.07, 6.45) is 2.50. The normalized spacial score (nSPS) is 22.2. The van der Waals surface area contributed by atoms with Crippen LogP contribution in [0, 0.1) is 10.8 Å². The first-order valence-corrected chi connectivity index (χ1v) is 11.1. The number of nitrogens with one attached hydrogen (secondary N) is 2. The molecule has 1 aromatic rings. The van der Waals surface area contributed by atoms with Gasteiger partial charge in [-0.3, -0.25) is 20.1 Å². The molecule has 0 unspecified atom stereocenters. The van der Waals surface area contributed by atoms with Crippen molar-refractivity contribution in [3.63, 3.8) is 0 Å². The van der Waals surface area contributed by atoms with E-state index in [4.69, 9.17) is 15.9 Å². The van der Waals surface area contributed by atoms with Gasteiger partial charge in [0.05, 0.1) is 13.2 Å². The van der Waals surface area contributed by atoms with E-state index in [0.717, 1.165) is 63.4 Å². The predicted molar refractivity (Wildman–Crippen MR) is 124 cm³/mol. The van der Waals surface area contributed by atoms with Crippen molar-refractivity contribution in [3.05, 3.63) is 46.7 Å². The summed E-state index contributed by atoms with van der Waals surface area (Å²) in [5.74, 6) is -0.377. The molecule has 0 spiro atoms. The van der Waals surface area contributed by atoms with E-state index in [0.29, 0.717) is 12.1 Å². The molecular formula is C24H35N5O2. The molecule has 2 aliphatic rings. The molecule has 168 valence electrons. The summed E-state index contributed by atoms with van der Waals surface area (Å²) >= 11 is 0. The molecule has 1 aliphatic carbocycles. The Bertz CT molecular complexity index is 864. The second-order valence-electron chi connectivity index (χ2n) is 9.07. The number of hydrogen-bond acceptors (Lipinski definition) is 6. The van der Waals surface area contributed by atoms with Crippen molar-refractivity contribution in [2.75, 3.05) is 32.8 Å². The molecule has 2 fully saturated rings. The van der Waals surface area contributed by atoms with Gasteiger partial charge in [-0.05, 0) is 37.2 Å². The SMILES string of the molecule is CCN=C1CC(C)(C)CCC1=C(N)C(=O)NC(=N)c1ccc(CN2CCOCC2)cc1. The van der Waals surface area contributed by atoms with Crippen molar-refractivity contribution in [2.24, 2.45) is 16.1 Å². The summed E-state index contributed by atoms with van der Waals surface area (Å²) in [6.45, 7) is 11.3. The van der Waals surface area contributed by atoms with Crippen LogP contribution in [-0.4, -0.2) is 55.2 Å². The molecule has 1 saturated carbocycles. The van der Waals surface area contributed by atoms with Crippen molar-refractivity contribution in [1.29, 1.82) is 5.41 Å². The van der Waals surface area contributed by atoms with Crippen LogP contribution >= 0.6 is 0 Å². The average molecular weight is 426 g/mol. The summed E-state index contributed by atoms with van der Waals surface area (Å²) in [7, 11) is 0. The van der Waals surface area contributed by atoms with Gasteiger partial charge in [0.1, 0.15) is 11.5 Å². The monoisotopic (exact) mass is 425 g/mol. The minimum Gasteiger partial charge on any atom is -0.394 e. The quantitative estimate of drug-likeness (QED) is 0.383. The van der Waals surface area contributed by atoms with E-state index in [1.807, 2.05) is 31.2 Å². The average Bonchev–Trinajstić information content (AvgIpc) is 2.74. The Morgan fingerprint density at radius 3 is 2.58 bits per heavy atom. The van der Waals surface area contributed by atoms with Crippen LogP contribution in [0.25, 0.3) is 0 Å². The molecule has 0 atom stereocenters. The zero-order chi connectivity index (χ0) is 22.4. The first-order chi connectivity index (χ1) is 14.8. The number of allylic oxidation sites excluding steroid dienone is 1. The number of carbonyl (C=O) groups is 1. The van der Waals surface area contributed by atoms with Gasteiger partial charge in [0.2, 0.25) is 0 Å². The third-order valence-corrected chi connectivity index (χ3v) is 5.96. The highest BCUT2D eigenvalue weighted by atomic mass is 16.5.